The van der Waals surface area contributed by atoms with E-state index in [2.05, 4.69) is 86.8 Å². The molecule has 0 saturated carbocycles. The summed E-state index contributed by atoms with van der Waals surface area (Å²) in [5.41, 5.74) is 5.39. The average molecular weight is 918 g/mol. The van der Waals surface area contributed by atoms with E-state index in [4.69, 9.17) is 24.3 Å². The van der Waals surface area contributed by atoms with Crippen molar-refractivity contribution in [1.29, 1.82) is 0 Å². The van der Waals surface area contributed by atoms with Gasteiger partial charge in [0.2, 0.25) is 0 Å². The Morgan fingerprint density at radius 3 is 1.31 bits per heavy atom. The maximum absolute atomic E-state index is 12.7. The summed E-state index contributed by atoms with van der Waals surface area (Å²) in [7, 11) is -4.29. The molecule has 9 heteroatoms. The van der Waals surface area contributed by atoms with Crippen LogP contribution in [0.5, 0.6) is 0 Å². The molecule has 3 N–H and O–H groups in total. The standard InChI is InChI=1S/C55H100NO7P/c1-3-5-7-9-11-13-15-17-19-21-23-24-25-26-27-28-29-31-33-35-37-39-41-43-45-47-50-60-52-54(53-62-64(58,59)61-51-49-56)63-55(57)48-46-44-42-40-38-36-34-32-30-22-20-18-16-14-12-10-8-6-4-2/h6,8,12,14-15,17-18,20-21,23,30,32,54H,3-5,7,9-11,13,16,19,22,24-29,31,33-53,56H2,1-2H3,(H,58,59)/b8-6-,14-12-,17-15-,20-18-,23-21-,32-30-. The molecule has 0 aromatic heterocycles. The number of hydrogen-bond acceptors (Lipinski definition) is 7. The smallest absolute Gasteiger partial charge is 0.457 e. The van der Waals surface area contributed by atoms with E-state index in [1.807, 2.05) is 0 Å². The molecule has 0 rings (SSSR count). The summed E-state index contributed by atoms with van der Waals surface area (Å²) in [5.74, 6) is -0.344. The van der Waals surface area contributed by atoms with E-state index in [1.54, 1.807) is 0 Å². The number of phosphoric acid groups is 1. The van der Waals surface area contributed by atoms with Crippen LogP contribution >= 0.6 is 7.82 Å². The molecule has 372 valence electrons. The summed E-state index contributed by atoms with van der Waals surface area (Å²) in [4.78, 5) is 22.6. The molecule has 0 radical (unpaired) electrons. The molecule has 0 aromatic rings. The number of esters is 1. The van der Waals surface area contributed by atoms with Crippen LogP contribution in [-0.2, 0) is 27.9 Å². The normalized spacial score (nSPS) is 13.9. The van der Waals surface area contributed by atoms with E-state index < -0.39 is 13.9 Å². The number of carbonyl (C=O) groups excluding carboxylic acids is 1. The summed E-state index contributed by atoms with van der Waals surface area (Å²) >= 11 is 0. The second kappa shape index (κ2) is 51.9. The molecule has 0 aliphatic carbocycles. The molecule has 0 heterocycles. The lowest BCUT2D eigenvalue weighted by molar-refractivity contribution is -0.154. The fourth-order valence-corrected chi connectivity index (χ4v) is 8.02. The van der Waals surface area contributed by atoms with Crippen LogP contribution in [0.1, 0.15) is 232 Å². The monoisotopic (exact) mass is 918 g/mol. The first kappa shape index (κ1) is 61.9. The highest BCUT2D eigenvalue weighted by molar-refractivity contribution is 7.47. The number of ether oxygens (including phenoxy) is 2. The Morgan fingerprint density at radius 1 is 0.484 bits per heavy atom. The van der Waals surface area contributed by atoms with E-state index in [1.165, 1.54) is 135 Å². The first-order valence-corrected chi connectivity index (χ1v) is 27.9. The van der Waals surface area contributed by atoms with Crippen LogP contribution in [-0.4, -0.2) is 49.9 Å². The highest BCUT2D eigenvalue weighted by Crippen LogP contribution is 2.43. The van der Waals surface area contributed by atoms with Gasteiger partial charge in [0.05, 0.1) is 19.8 Å². The number of carbonyl (C=O) groups is 1. The first-order valence-electron chi connectivity index (χ1n) is 26.4. The van der Waals surface area contributed by atoms with Crippen LogP contribution in [0.25, 0.3) is 0 Å². The predicted octanol–water partition coefficient (Wildman–Crippen LogP) is 16.6. The molecule has 2 atom stereocenters. The van der Waals surface area contributed by atoms with Gasteiger partial charge < -0.3 is 20.1 Å². The van der Waals surface area contributed by atoms with Gasteiger partial charge in [0.25, 0.3) is 0 Å². The molecule has 0 bridgehead atoms. The summed E-state index contributed by atoms with van der Waals surface area (Å²) < 4.78 is 33.6. The molecule has 8 nitrogen and oxygen atoms in total. The fourth-order valence-electron chi connectivity index (χ4n) is 7.25. The molecule has 64 heavy (non-hydrogen) atoms. The summed E-state index contributed by atoms with van der Waals surface area (Å²) in [6.07, 6.45) is 66.6. The van der Waals surface area contributed by atoms with Crippen LogP contribution in [0.3, 0.4) is 0 Å². The molecule has 0 fully saturated rings. The Bertz CT molecular complexity index is 1210. The number of allylic oxidation sites excluding steroid dienone is 12. The quantitative estimate of drug-likeness (QED) is 0.0268. The van der Waals surface area contributed by atoms with Crippen molar-refractivity contribution in [2.75, 3.05) is 33.0 Å². The van der Waals surface area contributed by atoms with Crippen LogP contribution in [0.4, 0.5) is 0 Å². The lowest BCUT2D eigenvalue weighted by atomic mass is 10.0. The first-order chi connectivity index (χ1) is 31.4. The SMILES string of the molecule is CC/C=C\C/C=C\C/C=C\C/C=C\CCCCCCCCC(=O)OC(COCCCCCCCCCCCCCCCC/C=C\C/C=C\CCCCCCC)COP(=O)(O)OCCN. The van der Waals surface area contributed by atoms with Crippen molar-refractivity contribution in [2.24, 2.45) is 5.73 Å². The Balaban J connectivity index is 3.93. The van der Waals surface area contributed by atoms with Crippen LogP contribution in [0, 0.1) is 0 Å². The van der Waals surface area contributed by atoms with E-state index in [0.717, 1.165) is 77.0 Å². The minimum Gasteiger partial charge on any atom is -0.457 e. The van der Waals surface area contributed by atoms with E-state index >= 15 is 0 Å². The molecule has 0 aliphatic rings. The number of nitrogens with two attached hydrogens (primary N) is 1. The zero-order valence-electron chi connectivity index (χ0n) is 41.5. The highest BCUT2D eigenvalue weighted by Gasteiger charge is 2.25. The molecule has 0 saturated heterocycles. The van der Waals surface area contributed by atoms with Gasteiger partial charge >= 0.3 is 13.8 Å². The largest absolute Gasteiger partial charge is 0.472 e. The van der Waals surface area contributed by atoms with Gasteiger partial charge in [-0.15, -0.1) is 0 Å². The minimum absolute atomic E-state index is 0.0950. The Labute approximate surface area is 395 Å². The molecule has 0 aromatic carbocycles. The van der Waals surface area contributed by atoms with Gasteiger partial charge in [0.15, 0.2) is 0 Å². The average Bonchev–Trinajstić information content (AvgIpc) is 3.29. The van der Waals surface area contributed by atoms with Gasteiger partial charge in [0, 0.05) is 19.6 Å². The summed E-state index contributed by atoms with van der Waals surface area (Å²) in [5, 5.41) is 0. The zero-order valence-corrected chi connectivity index (χ0v) is 42.4. The van der Waals surface area contributed by atoms with Crippen molar-refractivity contribution in [2.45, 2.75) is 238 Å². The van der Waals surface area contributed by atoms with Crippen LogP contribution in [0.15, 0.2) is 72.9 Å². The van der Waals surface area contributed by atoms with Gasteiger partial charge in [-0.2, -0.15) is 0 Å². The van der Waals surface area contributed by atoms with Crippen molar-refractivity contribution >= 4 is 13.8 Å². The molecule has 2 unspecified atom stereocenters. The maximum atomic E-state index is 12.7. The van der Waals surface area contributed by atoms with Gasteiger partial charge in [-0.25, -0.2) is 4.57 Å². The lowest BCUT2D eigenvalue weighted by Gasteiger charge is -2.20. The minimum atomic E-state index is -4.29. The second-order valence-electron chi connectivity index (χ2n) is 17.4. The van der Waals surface area contributed by atoms with Gasteiger partial charge in [-0.1, -0.05) is 215 Å². The number of unbranched alkanes of at least 4 members (excludes halogenated alkanes) is 25. The molecule has 0 aliphatic heterocycles. The zero-order chi connectivity index (χ0) is 46.5. The Morgan fingerprint density at radius 2 is 0.875 bits per heavy atom. The van der Waals surface area contributed by atoms with Crippen molar-refractivity contribution in [3.63, 3.8) is 0 Å². The van der Waals surface area contributed by atoms with Crippen molar-refractivity contribution in [3.05, 3.63) is 72.9 Å². The van der Waals surface area contributed by atoms with E-state index in [9.17, 15) is 14.3 Å². The summed E-state index contributed by atoms with van der Waals surface area (Å²) in [6, 6.07) is 0. The number of phosphoric ester groups is 1. The highest BCUT2D eigenvalue weighted by atomic mass is 31.2. The second-order valence-corrected chi connectivity index (χ2v) is 18.8. The van der Waals surface area contributed by atoms with Gasteiger partial charge in [-0.05, 0) is 83.5 Å². The third-order valence-electron chi connectivity index (χ3n) is 11.1. The fraction of sp³-hybridized carbons (Fsp3) is 0.764. The van der Waals surface area contributed by atoms with Gasteiger partial charge in [0.1, 0.15) is 6.10 Å². The molecule has 0 spiro atoms. The number of hydrogen-bond donors (Lipinski definition) is 2. The van der Waals surface area contributed by atoms with Crippen molar-refractivity contribution < 1.29 is 32.8 Å². The van der Waals surface area contributed by atoms with E-state index in [0.29, 0.717) is 13.0 Å². The van der Waals surface area contributed by atoms with Crippen molar-refractivity contribution in [3.8, 4) is 0 Å². The molecular formula is C55H100NO7P. The maximum Gasteiger partial charge on any atom is 0.472 e. The van der Waals surface area contributed by atoms with Crippen molar-refractivity contribution in [1.82, 2.24) is 0 Å². The topological polar surface area (TPSA) is 117 Å². The van der Waals surface area contributed by atoms with Crippen LogP contribution in [0.2, 0.25) is 0 Å². The third kappa shape index (κ3) is 50.9. The molecular weight excluding hydrogens is 818 g/mol. The van der Waals surface area contributed by atoms with E-state index in [-0.39, 0.29) is 32.3 Å². The number of rotatable bonds is 50. The summed E-state index contributed by atoms with van der Waals surface area (Å²) in [6.45, 7) is 4.79. The van der Waals surface area contributed by atoms with Gasteiger partial charge in [-0.3, -0.25) is 13.8 Å². The Kier molecular flexibility index (Phi) is 50.2. The van der Waals surface area contributed by atoms with Crippen LogP contribution < -0.4 is 5.73 Å². The predicted molar refractivity (Wildman–Crippen MR) is 275 cm³/mol. The lowest BCUT2D eigenvalue weighted by Crippen LogP contribution is -2.28. The molecule has 0 amide bonds. The Hall–Kier alpha value is -2.06. The third-order valence-corrected chi connectivity index (χ3v) is 12.1.